The number of hydrogen-bond donors (Lipinski definition) is 1. The highest BCUT2D eigenvalue weighted by Crippen LogP contribution is 2.28. The third-order valence-corrected chi connectivity index (χ3v) is 9.86. The van der Waals surface area contributed by atoms with E-state index in [-0.39, 0.29) is 18.2 Å². The van der Waals surface area contributed by atoms with Crippen molar-refractivity contribution < 1.29 is 27.8 Å². The van der Waals surface area contributed by atoms with Crippen LogP contribution in [0.15, 0.2) is 69.5 Å². The summed E-state index contributed by atoms with van der Waals surface area (Å²) in [5.74, 6) is 3.58. The summed E-state index contributed by atoms with van der Waals surface area (Å²) in [7, 11) is 0. The van der Waals surface area contributed by atoms with Gasteiger partial charge in [0, 0.05) is 13.2 Å². The molecule has 8 aromatic rings. The largest absolute Gasteiger partial charge is 0.460 e. The van der Waals surface area contributed by atoms with Gasteiger partial charge in [-0.3, -0.25) is 9.97 Å². The lowest BCUT2D eigenvalue weighted by Crippen LogP contribution is -2.13. The van der Waals surface area contributed by atoms with Crippen LogP contribution in [0.4, 0.5) is 5.95 Å². The van der Waals surface area contributed by atoms with Crippen molar-refractivity contribution in [3.63, 3.8) is 0 Å². The van der Waals surface area contributed by atoms with Crippen molar-refractivity contribution in [3.8, 4) is 22.9 Å². The SMILES string of the molecule is Cc1ccc(-c2nc(N)nc3c2nnn3Cc2cccc(COC3CCOC3)n2)o1.Cc1nc(-c2ccc(C)o2)c2nnn(Cc3cccc(CO[C@H]4CCOC4)n3)c2n1. The van der Waals surface area contributed by atoms with Gasteiger partial charge in [0.2, 0.25) is 5.95 Å². The number of ether oxygens (including phenoxy) is 4. The van der Waals surface area contributed by atoms with Gasteiger partial charge in [-0.2, -0.15) is 4.98 Å². The molecule has 0 bridgehead atoms. The van der Waals surface area contributed by atoms with Crippen LogP contribution in [0.2, 0.25) is 0 Å². The van der Waals surface area contributed by atoms with Crippen molar-refractivity contribution in [1.82, 2.24) is 59.9 Å². The van der Waals surface area contributed by atoms with Gasteiger partial charge in [0.25, 0.3) is 0 Å². The van der Waals surface area contributed by atoms with E-state index in [1.807, 2.05) is 81.4 Å². The highest BCUT2D eigenvalue weighted by Gasteiger charge is 2.21. The monoisotopic (exact) mass is 813 g/mol. The van der Waals surface area contributed by atoms with E-state index < -0.39 is 0 Å². The normalized spacial score (nSPS) is 16.5. The van der Waals surface area contributed by atoms with Gasteiger partial charge in [-0.1, -0.05) is 22.6 Å². The number of pyridine rings is 2. The van der Waals surface area contributed by atoms with Crippen LogP contribution in [-0.4, -0.2) is 98.5 Å². The van der Waals surface area contributed by atoms with Gasteiger partial charge in [0.1, 0.15) is 28.7 Å². The van der Waals surface area contributed by atoms with Crippen molar-refractivity contribution >= 4 is 28.3 Å². The molecule has 0 radical (unpaired) electrons. The van der Waals surface area contributed by atoms with Crippen molar-refractivity contribution in [1.29, 1.82) is 0 Å². The lowest BCUT2D eigenvalue weighted by molar-refractivity contribution is 0.0300. The molecular formula is C41H43N13O6. The second-order valence-electron chi connectivity index (χ2n) is 14.5. The van der Waals surface area contributed by atoms with E-state index in [4.69, 9.17) is 38.5 Å². The van der Waals surface area contributed by atoms with E-state index in [0.717, 1.165) is 60.4 Å². The lowest BCUT2D eigenvalue weighted by atomic mass is 10.2. The minimum absolute atomic E-state index is 0.129. The summed E-state index contributed by atoms with van der Waals surface area (Å²) in [6.45, 7) is 10.2. The van der Waals surface area contributed by atoms with E-state index in [2.05, 4.69) is 45.5 Å². The average molecular weight is 814 g/mol. The summed E-state index contributed by atoms with van der Waals surface area (Å²) >= 11 is 0. The molecule has 2 aliphatic rings. The number of rotatable bonds is 12. The Balaban J connectivity index is 0.000000154. The highest BCUT2D eigenvalue weighted by atomic mass is 16.5. The van der Waals surface area contributed by atoms with Gasteiger partial charge < -0.3 is 33.5 Å². The number of nitrogens with two attached hydrogens (primary N) is 1. The molecule has 2 fully saturated rings. The molecule has 2 N–H and O–H groups in total. The van der Waals surface area contributed by atoms with Crippen LogP contribution in [0.25, 0.3) is 45.2 Å². The molecule has 60 heavy (non-hydrogen) atoms. The van der Waals surface area contributed by atoms with E-state index in [0.29, 0.717) is 90.6 Å². The van der Waals surface area contributed by atoms with E-state index >= 15 is 0 Å². The molecule has 0 spiro atoms. The van der Waals surface area contributed by atoms with E-state index in [9.17, 15) is 0 Å². The van der Waals surface area contributed by atoms with Crippen LogP contribution in [0.5, 0.6) is 0 Å². The van der Waals surface area contributed by atoms with E-state index in [1.165, 1.54) is 0 Å². The molecule has 10 heterocycles. The summed E-state index contributed by atoms with van der Waals surface area (Å²) in [6.07, 6.45) is 2.14. The zero-order chi connectivity index (χ0) is 41.0. The number of aromatic nitrogens is 12. The molecular weight excluding hydrogens is 771 g/mol. The quantitative estimate of drug-likeness (QED) is 0.172. The van der Waals surface area contributed by atoms with E-state index in [1.54, 1.807) is 9.36 Å². The Labute approximate surface area is 343 Å². The first kappa shape index (κ1) is 38.9. The molecule has 0 aromatic carbocycles. The molecule has 308 valence electrons. The molecule has 1 unspecified atom stereocenters. The third-order valence-electron chi connectivity index (χ3n) is 9.86. The van der Waals surface area contributed by atoms with Crippen LogP contribution < -0.4 is 5.73 Å². The number of aryl methyl sites for hydroxylation is 3. The fraction of sp³-hybridized carbons (Fsp3) is 0.366. The zero-order valence-electron chi connectivity index (χ0n) is 33.4. The first-order valence-electron chi connectivity index (χ1n) is 19.7. The molecule has 19 nitrogen and oxygen atoms in total. The van der Waals surface area contributed by atoms with Crippen LogP contribution in [0.1, 0.15) is 53.0 Å². The number of anilines is 1. The fourth-order valence-electron chi connectivity index (χ4n) is 6.92. The van der Waals surface area contributed by atoms with Gasteiger partial charge in [-0.05, 0) is 82.1 Å². The van der Waals surface area contributed by atoms with Gasteiger partial charge in [-0.15, -0.1) is 10.2 Å². The minimum atomic E-state index is 0.129. The van der Waals surface area contributed by atoms with Crippen LogP contribution in [0.3, 0.4) is 0 Å². The number of nitrogens with zero attached hydrogens (tertiary/aromatic N) is 12. The zero-order valence-corrected chi connectivity index (χ0v) is 33.4. The summed E-state index contributed by atoms with van der Waals surface area (Å²) in [5, 5.41) is 17.1. The number of fused-ring (bicyclic) bond motifs is 2. The molecule has 0 amide bonds. The van der Waals surface area contributed by atoms with Crippen LogP contribution >= 0.6 is 0 Å². The molecule has 19 heteroatoms. The first-order chi connectivity index (χ1) is 29.3. The maximum atomic E-state index is 5.94. The predicted octanol–water partition coefficient (Wildman–Crippen LogP) is 4.97. The molecule has 2 saturated heterocycles. The second kappa shape index (κ2) is 17.4. The second-order valence-corrected chi connectivity index (χ2v) is 14.5. The smallest absolute Gasteiger partial charge is 0.222 e. The Morgan fingerprint density at radius 3 is 1.58 bits per heavy atom. The fourth-order valence-corrected chi connectivity index (χ4v) is 6.92. The maximum absolute atomic E-state index is 5.94. The average Bonchev–Trinajstić information content (AvgIpc) is 4.11. The van der Waals surface area contributed by atoms with Crippen molar-refractivity contribution in [2.75, 3.05) is 32.2 Å². The minimum Gasteiger partial charge on any atom is -0.460 e. The highest BCUT2D eigenvalue weighted by molar-refractivity contribution is 5.86. The van der Waals surface area contributed by atoms with Crippen molar-refractivity contribution in [2.45, 2.75) is 72.1 Å². The predicted molar refractivity (Wildman–Crippen MR) is 215 cm³/mol. The number of furan rings is 2. The standard InChI is InChI=1S/C21H22N6O3.C20H21N7O3/c1-13-6-7-18(30-13)19-20-21(23-14(2)22-19)27(26-25-20)10-15-4-3-5-16(24-15)11-29-17-8-9-28-12-17;1-12-5-6-16(30-12)17-18-19(24-20(21)23-17)27(26-25-18)9-13-3-2-4-14(22-13)10-29-15-7-8-28-11-15/h3-7,17H,8-12H2,1-2H3;2-6,15H,7-11H2,1H3,(H2,21,23,24)/t17-;/m0./s1. The summed E-state index contributed by atoms with van der Waals surface area (Å²) in [5.41, 5.74) is 12.8. The van der Waals surface area contributed by atoms with Crippen LogP contribution in [0, 0.1) is 20.8 Å². The molecule has 2 atom stereocenters. The number of hydrogen-bond acceptors (Lipinski definition) is 17. The van der Waals surface area contributed by atoms with Gasteiger partial charge in [0.05, 0.1) is 74.5 Å². The molecule has 0 aliphatic carbocycles. The summed E-state index contributed by atoms with van der Waals surface area (Å²) < 4.78 is 37.3. The Bertz CT molecular complexity index is 2540. The van der Waals surface area contributed by atoms with Gasteiger partial charge >= 0.3 is 0 Å². The summed E-state index contributed by atoms with van der Waals surface area (Å²) in [4.78, 5) is 27.1. The third kappa shape index (κ3) is 8.88. The molecule has 2 aliphatic heterocycles. The summed E-state index contributed by atoms with van der Waals surface area (Å²) in [6, 6.07) is 19.2. The Morgan fingerprint density at radius 2 is 1.10 bits per heavy atom. The Kier molecular flexibility index (Phi) is 11.3. The van der Waals surface area contributed by atoms with Crippen molar-refractivity contribution in [3.05, 3.63) is 101 Å². The first-order valence-corrected chi connectivity index (χ1v) is 19.7. The maximum Gasteiger partial charge on any atom is 0.222 e. The van der Waals surface area contributed by atoms with Gasteiger partial charge in [-0.25, -0.2) is 24.3 Å². The van der Waals surface area contributed by atoms with Crippen LogP contribution in [-0.2, 0) is 45.3 Å². The molecule has 0 saturated carbocycles. The topological polar surface area (TPSA) is 228 Å². The Hall–Kier alpha value is -6.54. The molecule has 10 rings (SSSR count). The molecule has 8 aromatic heterocycles. The van der Waals surface area contributed by atoms with Gasteiger partial charge in [0.15, 0.2) is 33.8 Å². The Morgan fingerprint density at radius 1 is 0.600 bits per heavy atom. The number of nitrogen functional groups attached to an aromatic ring is 1. The van der Waals surface area contributed by atoms with Crippen molar-refractivity contribution in [2.24, 2.45) is 0 Å². The lowest BCUT2D eigenvalue weighted by Gasteiger charge is -2.10.